The number of carbonyl (C=O) groups is 2. The van der Waals surface area contributed by atoms with Crippen molar-refractivity contribution in [3.8, 4) is 0 Å². The van der Waals surface area contributed by atoms with Crippen molar-refractivity contribution >= 4 is 28.7 Å². The van der Waals surface area contributed by atoms with Crippen LogP contribution in [0.3, 0.4) is 0 Å². The number of fused-ring (bicyclic) bond motifs is 1. The SMILES string of the molecule is CC(C)(C)OC(=O)N1CCC[C@@H](Nc2ncnc3[nH]cc(C(=O)C4CCOC4)c23)C1. The lowest BCUT2D eigenvalue weighted by molar-refractivity contribution is 0.0206. The van der Waals surface area contributed by atoms with Crippen molar-refractivity contribution in [1.29, 1.82) is 0 Å². The summed E-state index contributed by atoms with van der Waals surface area (Å²) in [5, 5.41) is 4.14. The first kappa shape index (κ1) is 20.6. The first-order chi connectivity index (χ1) is 14.3. The van der Waals surface area contributed by atoms with E-state index in [2.05, 4.69) is 20.3 Å². The molecule has 2 fully saturated rings. The fourth-order valence-corrected chi connectivity index (χ4v) is 4.01. The highest BCUT2D eigenvalue weighted by molar-refractivity contribution is 6.11. The Morgan fingerprint density at radius 1 is 1.30 bits per heavy atom. The van der Waals surface area contributed by atoms with Crippen molar-refractivity contribution in [3.05, 3.63) is 18.1 Å². The van der Waals surface area contributed by atoms with Gasteiger partial charge in [0.1, 0.15) is 23.4 Å². The van der Waals surface area contributed by atoms with E-state index in [9.17, 15) is 9.59 Å². The second kappa shape index (κ2) is 8.22. The van der Waals surface area contributed by atoms with E-state index in [1.54, 1.807) is 11.1 Å². The molecule has 9 heteroatoms. The predicted octanol–water partition coefficient (Wildman–Crippen LogP) is 2.99. The molecule has 162 valence electrons. The van der Waals surface area contributed by atoms with Crippen molar-refractivity contribution in [2.45, 2.75) is 51.7 Å². The van der Waals surface area contributed by atoms with Crippen molar-refractivity contribution in [2.75, 3.05) is 31.6 Å². The van der Waals surface area contributed by atoms with Crippen LogP contribution in [-0.2, 0) is 9.47 Å². The number of piperidine rings is 1. The molecule has 2 aliphatic heterocycles. The van der Waals surface area contributed by atoms with Gasteiger partial charge in [-0.3, -0.25) is 4.79 Å². The molecule has 4 heterocycles. The minimum Gasteiger partial charge on any atom is -0.444 e. The van der Waals surface area contributed by atoms with Gasteiger partial charge in [-0.1, -0.05) is 0 Å². The van der Waals surface area contributed by atoms with E-state index < -0.39 is 5.60 Å². The van der Waals surface area contributed by atoms with E-state index in [0.717, 1.165) is 19.3 Å². The molecule has 0 spiro atoms. The van der Waals surface area contributed by atoms with Gasteiger partial charge in [-0.05, 0) is 40.0 Å². The van der Waals surface area contributed by atoms with E-state index in [1.807, 2.05) is 20.8 Å². The minimum atomic E-state index is -0.527. The molecule has 2 aromatic heterocycles. The number of aromatic nitrogens is 3. The van der Waals surface area contributed by atoms with Gasteiger partial charge in [0.15, 0.2) is 5.78 Å². The normalized spacial score (nSPS) is 22.3. The Morgan fingerprint density at radius 3 is 2.87 bits per heavy atom. The number of nitrogens with one attached hydrogen (secondary N) is 2. The highest BCUT2D eigenvalue weighted by Gasteiger charge is 2.30. The van der Waals surface area contributed by atoms with Crippen molar-refractivity contribution < 1.29 is 19.1 Å². The third kappa shape index (κ3) is 4.40. The Balaban J connectivity index is 1.53. The molecule has 30 heavy (non-hydrogen) atoms. The molecule has 2 N–H and O–H groups in total. The summed E-state index contributed by atoms with van der Waals surface area (Å²) in [6.45, 7) is 7.84. The maximum atomic E-state index is 13.0. The van der Waals surface area contributed by atoms with Gasteiger partial charge in [0.25, 0.3) is 0 Å². The smallest absolute Gasteiger partial charge is 0.410 e. The number of amides is 1. The summed E-state index contributed by atoms with van der Waals surface area (Å²) in [7, 11) is 0. The average molecular weight is 415 g/mol. The molecule has 0 aromatic carbocycles. The van der Waals surface area contributed by atoms with Crippen molar-refractivity contribution in [1.82, 2.24) is 19.9 Å². The molecule has 1 amide bonds. The Kier molecular flexibility index (Phi) is 5.64. The highest BCUT2D eigenvalue weighted by atomic mass is 16.6. The molecule has 1 unspecified atom stereocenters. The summed E-state index contributed by atoms with van der Waals surface area (Å²) in [5.41, 5.74) is 0.679. The summed E-state index contributed by atoms with van der Waals surface area (Å²) >= 11 is 0. The number of Topliss-reactive ketones (excluding diaryl/α,β-unsaturated/α-hetero) is 1. The Bertz CT molecular complexity index is 929. The fraction of sp³-hybridized carbons (Fsp3) is 0.619. The number of H-pyrrole nitrogens is 1. The number of hydrogen-bond acceptors (Lipinski definition) is 7. The molecule has 2 atom stereocenters. The number of aromatic amines is 1. The van der Waals surface area contributed by atoms with Crippen LogP contribution in [-0.4, -0.2) is 69.7 Å². The average Bonchev–Trinajstić information content (AvgIpc) is 3.37. The number of rotatable bonds is 4. The maximum Gasteiger partial charge on any atom is 0.410 e. The number of nitrogens with zero attached hydrogens (tertiary/aromatic N) is 3. The number of ether oxygens (including phenoxy) is 2. The van der Waals surface area contributed by atoms with E-state index >= 15 is 0 Å². The fourth-order valence-electron chi connectivity index (χ4n) is 4.01. The van der Waals surface area contributed by atoms with Crippen molar-refractivity contribution in [2.24, 2.45) is 5.92 Å². The Morgan fingerprint density at radius 2 is 2.13 bits per heavy atom. The molecule has 0 radical (unpaired) electrons. The number of hydrogen-bond donors (Lipinski definition) is 2. The zero-order valence-electron chi connectivity index (χ0n) is 17.7. The molecule has 2 saturated heterocycles. The largest absolute Gasteiger partial charge is 0.444 e. The van der Waals surface area contributed by atoms with Gasteiger partial charge in [0, 0.05) is 43.4 Å². The number of anilines is 1. The zero-order chi connectivity index (χ0) is 21.3. The quantitative estimate of drug-likeness (QED) is 0.739. The van der Waals surface area contributed by atoms with E-state index in [4.69, 9.17) is 9.47 Å². The first-order valence-corrected chi connectivity index (χ1v) is 10.5. The third-order valence-electron chi connectivity index (χ3n) is 5.45. The summed E-state index contributed by atoms with van der Waals surface area (Å²) in [6, 6.07) is 0.0111. The third-order valence-corrected chi connectivity index (χ3v) is 5.45. The van der Waals surface area contributed by atoms with Crippen LogP contribution in [0.4, 0.5) is 10.6 Å². The van der Waals surface area contributed by atoms with Crippen LogP contribution in [0.1, 0.15) is 50.4 Å². The van der Waals surface area contributed by atoms with Gasteiger partial charge < -0.3 is 24.7 Å². The topological polar surface area (TPSA) is 109 Å². The van der Waals surface area contributed by atoms with Gasteiger partial charge in [0.2, 0.25) is 0 Å². The van der Waals surface area contributed by atoms with Crippen LogP contribution in [0.2, 0.25) is 0 Å². The monoisotopic (exact) mass is 415 g/mol. The summed E-state index contributed by atoms with van der Waals surface area (Å²) in [4.78, 5) is 38.9. The lowest BCUT2D eigenvalue weighted by atomic mass is 9.97. The van der Waals surface area contributed by atoms with Crippen LogP contribution in [0.15, 0.2) is 12.5 Å². The minimum absolute atomic E-state index is 0.0111. The van der Waals surface area contributed by atoms with Gasteiger partial charge in [-0.15, -0.1) is 0 Å². The van der Waals surface area contributed by atoms with E-state index in [0.29, 0.717) is 48.7 Å². The second-order valence-corrected chi connectivity index (χ2v) is 8.98. The first-order valence-electron chi connectivity index (χ1n) is 10.5. The summed E-state index contributed by atoms with van der Waals surface area (Å²) in [5.74, 6) is 0.532. The van der Waals surface area contributed by atoms with Gasteiger partial charge in [0.05, 0.1) is 12.0 Å². The van der Waals surface area contributed by atoms with Crippen molar-refractivity contribution in [3.63, 3.8) is 0 Å². The van der Waals surface area contributed by atoms with Crippen LogP contribution >= 0.6 is 0 Å². The molecule has 0 saturated carbocycles. The second-order valence-electron chi connectivity index (χ2n) is 8.98. The molecule has 2 aromatic rings. The van der Waals surface area contributed by atoms with Crippen LogP contribution in [0.5, 0.6) is 0 Å². The predicted molar refractivity (Wildman–Crippen MR) is 112 cm³/mol. The van der Waals surface area contributed by atoms with Crippen LogP contribution < -0.4 is 5.32 Å². The summed E-state index contributed by atoms with van der Waals surface area (Å²) in [6.07, 6.45) is 5.37. The molecular weight excluding hydrogens is 386 g/mol. The van der Waals surface area contributed by atoms with Gasteiger partial charge in [-0.2, -0.15) is 0 Å². The highest BCUT2D eigenvalue weighted by Crippen LogP contribution is 2.29. The van der Waals surface area contributed by atoms with Gasteiger partial charge >= 0.3 is 6.09 Å². The van der Waals surface area contributed by atoms with Gasteiger partial charge in [-0.25, -0.2) is 14.8 Å². The lowest BCUT2D eigenvalue weighted by Crippen LogP contribution is -2.47. The van der Waals surface area contributed by atoms with E-state index in [-0.39, 0.29) is 23.8 Å². The van der Waals surface area contributed by atoms with E-state index in [1.165, 1.54) is 6.33 Å². The Hall–Kier alpha value is -2.68. The number of carbonyl (C=O) groups excluding carboxylic acids is 2. The van der Waals surface area contributed by atoms with Crippen LogP contribution in [0.25, 0.3) is 11.0 Å². The zero-order valence-corrected chi connectivity index (χ0v) is 17.7. The standard InChI is InChI=1S/C21H29N5O4/c1-21(2,3)30-20(28)26-7-4-5-14(10-26)25-19-16-15(9-22-18(16)23-12-24-19)17(27)13-6-8-29-11-13/h9,12-14H,4-8,10-11H2,1-3H3,(H2,22,23,24,25)/t13?,14-/m1/s1. The number of ketones is 1. The number of likely N-dealkylation sites (tertiary alicyclic amines) is 1. The van der Waals surface area contributed by atoms with Crippen LogP contribution in [0, 0.1) is 5.92 Å². The maximum absolute atomic E-state index is 13.0. The summed E-state index contributed by atoms with van der Waals surface area (Å²) < 4.78 is 10.9. The molecule has 4 rings (SSSR count). The molecule has 2 aliphatic rings. The molecule has 0 aliphatic carbocycles. The molecule has 0 bridgehead atoms. The Labute approximate surface area is 175 Å². The molecule has 9 nitrogen and oxygen atoms in total. The molecular formula is C21H29N5O4. The lowest BCUT2D eigenvalue weighted by Gasteiger charge is -2.34.